The third kappa shape index (κ3) is 4.35. The summed E-state index contributed by atoms with van der Waals surface area (Å²) in [5, 5.41) is 0. The van der Waals surface area contributed by atoms with Gasteiger partial charge in [0.2, 0.25) is 0 Å². The van der Waals surface area contributed by atoms with Gasteiger partial charge in [-0.3, -0.25) is 0 Å². The molecule has 0 aliphatic carbocycles. The third-order valence-corrected chi connectivity index (χ3v) is 4.00. The molecule has 0 aromatic heterocycles. The molecule has 0 heterocycles. The van der Waals surface area contributed by atoms with Crippen LogP contribution < -0.4 is 4.74 Å². The molecule has 0 fully saturated rings. The van der Waals surface area contributed by atoms with Gasteiger partial charge in [-0.05, 0) is 35.1 Å². The minimum Gasteiger partial charge on any atom is -0.493 e. The summed E-state index contributed by atoms with van der Waals surface area (Å²) >= 11 is 0. The molecule has 1 unspecified atom stereocenters. The van der Waals surface area contributed by atoms with E-state index < -0.39 is 0 Å². The van der Waals surface area contributed by atoms with Gasteiger partial charge in [-0.15, -0.1) is 0 Å². The van der Waals surface area contributed by atoms with Gasteiger partial charge in [-0.2, -0.15) is 0 Å². The van der Waals surface area contributed by atoms with Gasteiger partial charge in [0.15, 0.2) is 0 Å². The van der Waals surface area contributed by atoms with E-state index >= 15 is 0 Å². The maximum absolute atomic E-state index is 6.05. The molecular formula is C20H26O. The molecule has 2 aromatic carbocycles. The first-order chi connectivity index (χ1) is 10.0. The Balaban J connectivity index is 2.09. The number of hydrogen-bond donors (Lipinski definition) is 0. The first-order valence-corrected chi connectivity index (χ1v) is 7.77. The van der Waals surface area contributed by atoms with Gasteiger partial charge in [0.05, 0.1) is 6.61 Å². The van der Waals surface area contributed by atoms with E-state index in [-0.39, 0.29) is 5.41 Å². The Labute approximate surface area is 129 Å². The molecular weight excluding hydrogens is 256 g/mol. The van der Waals surface area contributed by atoms with Gasteiger partial charge in [0.25, 0.3) is 0 Å². The van der Waals surface area contributed by atoms with Crippen molar-refractivity contribution in [2.24, 2.45) is 5.41 Å². The first-order valence-electron chi connectivity index (χ1n) is 7.77. The van der Waals surface area contributed by atoms with E-state index in [1.165, 1.54) is 11.1 Å². The van der Waals surface area contributed by atoms with Crippen LogP contribution in [0.25, 0.3) is 0 Å². The van der Waals surface area contributed by atoms with Crippen LogP contribution >= 0.6 is 0 Å². The highest BCUT2D eigenvalue weighted by Gasteiger charge is 2.26. The summed E-state index contributed by atoms with van der Waals surface area (Å²) in [7, 11) is 0. The molecule has 21 heavy (non-hydrogen) atoms. The predicted octanol–water partition coefficient (Wildman–Crippen LogP) is 5.46. The lowest BCUT2D eigenvalue weighted by molar-refractivity contribution is 0.203. The van der Waals surface area contributed by atoms with Gasteiger partial charge in [-0.25, -0.2) is 0 Å². The fourth-order valence-electron chi connectivity index (χ4n) is 2.53. The van der Waals surface area contributed by atoms with Gasteiger partial charge in [0, 0.05) is 5.92 Å². The summed E-state index contributed by atoms with van der Waals surface area (Å²) in [5.41, 5.74) is 2.86. The SMILES string of the molecule is CCc1ccc(OCC(c2ccccc2)C(C)(C)C)cc1. The van der Waals surface area contributed by atoms with E-state index in [1.807, 2.05) is 0 Å². The van der Waals surface area contributed by atoms with Crippen molar-refractivity contribution in [1.82, 2.24) is 0 Å². The lowest BCUT2D eigenvalue weighted by Crippen LogP contribution is -2.24. The highest BCUT2D eigenvalue weighted by molar-refractivity contribution is 5.28. The number of ether oxygens (including phenoxy) is 1. The van der Waals surface area contributed by atoms with E-state index in [4.69, 9.17) is 4.74 Å². The Morgan fingerprint density at radius 2 is 1.52 bits per heavy atom. The molecule has 1 atom stereocenters. The molecule has 112 valence electrons. The Hall–Kier alpha value is -1.76. The van der Waals surface area contributed by atoms with Crippen LogP contribution in [-0.4, -0.2) is 6.61 Å². The van der Waals surface area contributed by atoms with E-state index in [9.17, 15) is 0 Å². The summed E-state index contributed by atoms with van der Waals surface area (Å²) in [6.07, 6.45) is 1.06. The fraction of sp³-hybridized carbons (Fsp3) is 0.400. The van der Waals surface area contributed by atoms with Crippen molar-refractivity contribution < 1.29 is 4.74 Å². The molecule has 0 aliphatic rings. The van der Waals surface area contributed by atoms with Crippen LogP contribution in [0.3, 0.4) is 0 Å². The molecule has 0 spiro atoms. The largest absolute Gasteiger partial charge is 0.493 e. The average molecular weight is 282 g/mol. The van der Waals surface area contributed by atoms with Crippen molar-refractivity contribution in [2.45, 2.75) is 40.0 Å². The van der Waals surface area contributed by atoms with Crippen LogP contribution in [0.4, 0.5) is 0 Å². The molecule has 0 N–H and O–H groups in total. The molecule has 0 saturated heterocycles. The van der Waals surface area contributed by atoms with Crippen LogP contribution in [-0.2, 0) is 6.42 Å². The van der Waals surface area contributed by atoms with Gasteiger partial charge >= 0.3 is 0 Å². The standard InChI is InChI=1S/C20H26O/c1-5-16-11-13-18(14-12-16)21-15-19(20(2,3)4)17-9-7-6-8-10-17/h6-14,19H,5,15H2,1-4H3. The summed E-state index contributed by atoms with van der Waals surface area (Å²) in [5.74, 6) is 1.34. The van der Waals surface area contributed by atoms with E-state index in [0.29, 0.717) is 12.5 Å². The zero-order chi connectivity index (χ0) is 15.3. The molecule has 2 rings (SSSR count). The molecule has 0 amide bonds. The average Bonchev–Trinajstić information content (AvgIpc) is 2.48. The van der Waals surface area contributed by atoms with Crippen LogP contribution in [0.1, 0.15) is 44.7 Å². The summed E-state index contributed by atoms with van der Waals surface area (Å²) in [4.78, 5) is 0. The Bertz CT molecular complexity index is 534. The minimum absolute atomic E-state index is 0.171. The zero-order valence-corrected chi connectivity index (χ0v) is 13.6. The Kier molecular flexibility index (Phi) is 5.06. The molecule has 1 nitrogen and oxygen atoms in total. The second-order valence-corrected chi connectivity index (χ2v) is 6.64. The topological polar surface area (TPSA) is 9.23 Å². The van der Waals surface area contributed by atoms with Crippen molar-refractivity contribution in [3.63, 3.8) is 0 Å². The molecule has 0 saturated carbocycles. The lowest BCUT2D eigenvalue weighted by Gasteiger charge is -2.31. The van der Waals surface area contributed by atoms with E-state index in [1.54, 1.807) is 0 Å². The quantitative estimate of drug-likeness (QED) is 0.707. The summed E-state index contributed by atoms with van der Waals surface area (Å²) < 4.78 is 6.05. The van der Waals surface area contributed by atoms with Crippen LogP contribution in [0.5, 0.6) is 5.75 Å². The summed E-state index contributed by atoms with van der Waals surface area (Å²) in [6, 6.07) is 19.1. The monoisotopic (exact) mass is 282 g/mol. The molecule has 0 bridgehead atoms. The summed E-state index contributed by atoms with van der Waals surface area (Å²) in [6.45, 7) is 9.69. The van der Waals surface area contributed by atoms with Crippen molar-refractivity contribution >= 4 is 0 Å². The van der Waals surface area contributed by atoms with Crippen molar-refractivity contribution in [2.75, 3.05) is 6.61 Å². The van der Waals surface area contributed by atoms with Crippen molar-refractivity contribution in [3.05, 3.63) is 65.7 Å². The van der Waals surface area contributed by atoms with Gasteiger partial charge < -0.3 is 4.74 Å². The third-order valence-electron chi connectivity index (χ3n) is 4.00. The highest BCUT2D eigenvalue weighted by atomic mass is 16.5. The van der Waals surface area contributed by atoms with Crippen LogP contribution in [0.2, 0.25) is 0 Å². The van der Waals surface area contributed by atoms with Crippen LogP contribution in [0, 0.1) is 5.41 Å². The lowest BCUT2D eigenvalue weighted by atomic mass is 9.77. The number of hydrogen-bond acceptors (Lipinski definition) is 1. The predicted molar refractivity (Wildman–Crippen MR) is 90.0 cm³/mol. The second-order valence-electron chi connectivity index (χ2n) is 6.64. The van der Waals surface area contributed by atoms with Gasteiger partial charge in [0.1, 0.15) is 5.75 Å². The smallest absolute Gasteiger partial charge is 0.119 e. The molecule has 0 radical (unpaired) electrons. The molecule has 2 aromatic rings. The normalized spacial score (nSPS) is 13.0. The maximum atomic E-state index is 6.05. The van der Waals surface area contributed by atoms with E-state index in [2.05, 4.69) is 82.3 Å². The van der Waals surface area contributed by atoms with E-state index in [0.717, 1.165) is 12.2 Å². The Morgan fingerprint density at radius 1 is 0.905 bits per heavy atom. The first kappa shape index (κ1) is 15.6. The number of benzene rings is 2. The van der Waals surface area contributed by atoms with Crippen LogP contribution in [0.15, 0.2) is 54.6 Å². The Morgan fingerprint density at radius 3 is 2.05 bits per heavy atom. The van der Waals surface area contributed by atoms with Gasteiger partial charge in [-0.1, -0.05) is 70.2 Å². The fourth-order valence-corrected chi connectivity index (χ4v) is 2.53. The number of aryl methyl sites for hydroxylation is 1. The van der Waals surface area contributed by atoms with Crippen molar-refractivity contribution in [1.29, 1.82) is 0 Å². The maximum Gasteiger partial charge on any atom is 0.119 e. The molecule has 1 heteroatoms. The molecule has 0 aliphatic heterocycles. The second kappa shape index (κ2) is 6.80. The van der Waals surface area contributed by atoms with Crippen molar-refractivity contribution in [3.8, 4) is 5.75 Å². The zero-order valence-electron chi connectivity index (χ0n) is 13.6. The number of rotatable bonds is 5. The minimum atomic E-state index is 0.171. The highest BCUT2D eigenvalue weighted by Crippen LogP contribution is 2.35.